The van der Waals surface area contributed by atoms with Crippen LogP contribution >= 0.6 is 11.6 Å². The van der Waals surface area contributed by atoms with Gasteiger partial charge in [0.15, 0.2) is 0 Å². The minimum Gasteiger partial charge on any atom is -0.383 e. The molecule has 0 spiro atoms. The van der Waals surface area contributed by atoms with Crippen LogP contribution in [0.4, 0.5) is 0 Å². The molecular formula is C17H17ClN2O. The summed E-state index contributed by atoms with van der Waals surface area (Å²) < 4.78 is 5.16. The van der Waals surface area contributed by atoms with Crippen molar-refractivity contribution in [2.45, 2.75) is 6.54 Å². The van der Waals surface area contributed by atoms with Gasteiger partial charge in [-0.15, -0.1) is 0 Å². The van der Waals surface area contributed by atoms with Crippen molar-refractivity contribution in [1.29, 1.82) is 0 Å². The van der Waals surface area contributed by atoms with E-state index in [1.54, 1.807) is 7.11 Å². The molecular weight excluding hydrogens is 284 g/mol. The molecule has 3 nitrogen and oxygen atoms in total. The molecule has 0 N–H and O–H groups in total. The second kappa shape index (κ2) is 6.29. The maximum Gasteiger partial charge on any atom is 0.0979 e. The highest BCUT2D eigenvalue weighted by atomic mass is 35.5. The van der Waals surface area contributed by atoms with Gasteiger partial charge in [0.1, 0.15) is 0 Å². The van der Waals surface area contributed by atoms with Gasteiger partial charge in [0, 0.05) is 23.3 Å². The van der Waals surface area contributed by atoms with Crippen LogP contribution in [0.2, 0.25) is 5.02 Å². The molecule has 0 radical (unpaired) electrons. The van der Waals surface area contributed by atoms with Crippen molar-refractivity contribution in [2.75, 3.05) is 20.3 Å². The Morgan fingerprint density at radius 1 is 1.14 bits per heavy atom. The lowest BCUT2D eigenvalue weighted by atomic mass is 9.96. The maximum absolute atomic E-state index is 5.98. The van der Waals surface area contributed by atoms with E-state index in [2.05, 4.69) is 29.3 Å². The monoisotopic (exact) mass is 300 g/mol. The molecule has 4 heteroatoms. The van der Waals surface area contributed by atoms with Gasteiger partial charge in [-0.05, 0) is 17.7 Å². The van der Waals surface area contributed by atoms with Gasteiger partial charge >= 0.3 is 0 Å². The van der Waals surface area contributed by atoms with Gasteiger partial charge in [0.25, 0.3) is 0 Å². The predicted molar refractivity (Wildman–Crippen MR) is 85.8 cm³/mol. The van der Waals surface area contributed by atoms with Crippen molar-refractivity contribution < 1.29 is 4.74 Å². The first kappa shape index (κ1) is 14.1. The first-order chi connectivity index (χ1) is 10.3. The zero-order valence-corrected chi connectivity index (χ0v) is 12.7. The fourth-order valence-corrected chi connectivity index (χ4v) is 2.59. The summed E-state index contributed by atoms with van der Waals surface area (Å²) in [6.45, 7) is 2.26. The van der Waals surface area contributed by atoms with Crippen molar-refractivity contribution in [3.8, 4) is 0 Å². The first-order valence-electron chi connectivity index (χ1n) is 6.94. The Kier molecular flexibility index (Phi) is 4.23. The lowest BCUT2D eigenvalue weighted by Gasteiger charge is -2.27. The third-order valence-corrected chi connectivity index (χ3v) is 3.79. The average Bonchev–Trinajstić information content (AvgIpc) is 2.53. The van der Waals surface area contributed by atoms with Gasteiger partial charge < -0.3 is 4.74 Å². The van der Waals surface area contributed by atoms with Crippen LogP contribution in [-0.4, -0.2) is 31.0 Å². The summed E-state index contributed by atoms with van der Waals surface area (Å²) in [5, 5.41) is 7.57. The molecule has 0 fully saturated rings. The summed E-state index contributed by atoms with van der Waals surface area (Å²) in [7, 11) is 1.71. The number of fused-ring (bicyclic) bond motifs is 1. The van der Waals surface area contributed by atoms with Crippen molar-refractivity contribution in [2.24, 2.45) is 5.10 Å². The number of benzene rings is 2. The lowest BCUT2D eigenvalue weighted by molar-refractivity contribution is 0.145. The Bertz CT molecular complexity index is 652. The Morgan fingerprint density at radius 2 is 1.90 bits per heavy atom. The minimum absolute atomic E-state index is 0.666. The molecule has 0 unspecified atom stereocenters. The molecule has 0 atom stereocenters. The summed E-state index contributed by atoms with van der Waals surface area (Å²) in [5.41, 5.74) is 4.54. The SMILES string of the molecule is COCCN1Cc2ccccc2C(c2ccc(Cl)cc2)=N1. The van der Waals surface area contributed by atoms with E-state index in [4.69, 9.17) is 21.4 Å². The highest BCUT2D eigenvalue weighted by Crippen LogP contribution is 2.23. The summed E-state index contributed by atoms with van der Waals surface area (Å²) in [6, 6.07) is 16.2. The zero-order chi connectivity index (χ0) is 14.7. The maximum atomic E-state index is 5.98. The van der Waals surface area contributed by atoms with Crippen LogP contribution < -0.4 is 0 Å². The topological polar surface area (TPSA) is 24.8 Å². The second-order valence-electron chi connectivity index (χ2n) is 4.99. The van der Waals surface area contributed by atoms with E-state index in [-0.39, 0.29) is 0 Å². The smallest absolute Gasteiger partial charge is 0.0979 e. The predicted octanol–water partition coefficient (Wildman–Crippen LogP) is 3.55. The largest absolute Gasteiger partial charge is 0.383 e. The molecule has 2 aromatic carbocycles. The fourth-order valence-electron chi connectivity index (χ4n) is 2.46. The Labute approximate surface area is 129 Å². The van der Waals surface area contributed by atoms with E-state index < -0.39 is 0 Å². The van der Waals surface area contributed by atoms with Gasteiger partial charge in [0.2, 0.25) is 0 Å². The van der Waals surface area contributed by atoms with Crippen LogP contribution in [-0.2, 0) is 11.3 Å². The van der Waals surface area contributed by atoms with E-state index in [1.165, 1.54) is 11.1 Å². The summed E-state index contributed by atoms with van der Waals surface area (Å²) in [4.78, 5) is 0. The van der Waals surface area contributed by atoms with Crippen molar-refractivity contribution in [1.82, 2.24) is 5.01 Å². The molecule has 0 saturated carbocycles. The summed E-state index contributed by atoms with van der Waals surface area (Å²) in [5.74, 6) is 0. The highest BCUT2D eigenvalue weighted by Gasteiger charge is 2.19. The molecule has 1 aliphatic rings. The number of nitrogens with zero attached hydrogens (tertiary/aromatic N) is 2. The molecule has 1 heterocycles. The van der Waals surface area contributed by atoms with E-state index in [1.807, 2.05) is 24.3 Å². The highest BCUT2D eigenvalue weighted by molar-refractivity contribution is 6.30. The van der Waals surface area contributed by atoms with Crippen LogP contribution in [0.5, 0.6) is 0 Å². The molecule has 2 aromatic rings. The average molecular weight is 301 g/mol. The fraction of sp³-hybridized carbons (Fsp3) is 0.235. The number of hydrogen-bond donors (Lipinski definition) is 0. The lowest BCUT2D eigenvalue weighted by Crippen LogP contribution is -2.29. The number of hydrogen-bond acceptors (Lipinski definition) is 3. The zero-order valence-electron chi connectivity index (χ0n) is 11.9. The summed E-state index contributed by atoms with van der Waals surface area (Å²) in [6.07, 6.45) is 0. The molecule has 21 heavy (non-hydrogen) atoms. The third-order valence-electron chi connectivity index (χ3n) is 3.54. The Balaban J connectivity index is 2.00. The van der Waals surface area contributed by atoms with E-state index in [0.29, 0.717) is 6.61 Å². The van der Waals surface area contributed by atoms with E-state index in [9.17, 15) is 0 Å². The standard InChI is InChI=1S/C17H17ClN2O/c1-21-11-10-20-12-14-4-2-3-5-16(14)17(19-20)13-6-8-15(18)9-7-13/h2-9H,10-12H2,1H3. The van der Waals surface area contributed by atoms with Crippen LogP contribution in [0.1, 0.15) is 16.7 Å². The van der Waals surface area contributed by atoms with Crippen LogP contribution in [0, 0.1) is 0 Å². The van der Waals surface area contributed by atoms with Crippen LogP contribution in [0.3, 0.4) is 0 Å². The minimum atomic E-state index is 0.666. The van der Waals surface area contributed by atoms with Gasteiger partial charge in [-0.1, -0.05) is 48.0 Å². The first-order valence-corrected chi connectivity index (χ1v) is 7.32. The Morgan fingerprint density at radius 3 is 2.67 bits per heavy atom. The van der Waals surface area contributed by atoms with E-state index >= 15 is 0 Å². The quantitative estimate of drug-likeness (QED) is 0.862. The molecule has 0 amide bonds. The van der Waals surface area contributed by atoms with Crippen LogP contribution in [0.15, 0.2) is 53.6 Å². The van der Waals surface area contributed by atoms with Crippen molar-refractivity contribution in [3.05, 3.63) is 70.2 Å². The third kappa shape index (κ3) is 3.09. The second-order valence-corrected chi connectivity index (χ2v) is 5.43. The number of methoxy groups -OCH3 is 1. The van der Waals surface area contributed by atoms with Crippen molar-refractivity contribution >= 4 is 17.3 Å². The molecule has 0 bridgehead atoms. The number of halogens is 1. The number of rotatable bonds is 4. The normalized spacial score (nSPS) is 13.8. The molecule has 0 saturated heterocycles. The van der Waals surface area contributed by atoms with Crippen molar-refractivity contribution in [3.63, 3.8) is 0 Å². The van der Waals surface area contributed by atoms with Crippen LogP contribution in [0.25, 0.3) is 0 Å². The summed E-state index contributed by atoms with van der Waals surface area (Å²) >= 11 is 5.98. The van der Waals surface area contributed by atoms with Gasteiger partial charge in [-0.3, -0.25) is 5.01 Å². The molecule has 3 rings (SSSR count). The molecule has 1 aliphatic heterocycles. The molecule has 0 aliphatic carbocycles. The van der Waals surface area contributed by atoms with Gasteiger partial charge in [-0.25, -0.2) is 0 Å². The van der Waals surface area contributed by atoms with Gasteiger partial charge in [0.05, 0.1) is 25.4 Å². The number of ether oxygens (including phenoxy) is 1. The van der Waals surface area contributed by atoms with E-state index in [0.717, 1.165) is 29.4 Å². The number of hydrazone groups is 1. The Hall–Kier alpha value is -1.84. The van der Waals surface area contributed by atoms with Gasteiger partial charge in [-0.2, -0.15) is 5.10 Å². The molecule has 108 valence electrons. The molecule has 0 aromatic heterocycles.